The first-order valence-electron chi connectivity index (χ1n) is 11.5. The molecule has 0 spiro atoms. The molecule has 0 aliphatic heterocycles. The number of hydrogen-bond acceptors (Lipinski definition) is 4. The zero-order chi connectivity index (χ0) is 24.3. The lowest BCUT2D eigenvalue weighted by Crippen LogP contribution is -2.28. The van der Waals surface area contributed by atoms with Gasteiger partial charge < -0.3 is 14.2 Å². The van der Waals surface area contributed by atoms with Crippen molar-refractivity contribution in [2.24, 2.45) is 0 Å². The molecule has 0 aromatic heterocycles. The summed E-state index contributed by atoms with van der Waals surface area (Å²) in [6.07, 6.45) is 1.95. The topological polar surface area (TPSA) is 44.8 Å². The van der Waals surface area contributed by atoms with Crippen LogP contribution >= 0.6 is 11.6 Å². The van der Waals surface area contributed by atoms with Crippen LogP contribution in [0.5, 0.6) is 5.75 Å². The largest absolute Gasteiger partial charge is 0.490 e. The summed E-state index contributed by atoms with van der Waals surface area (Å²) in [4.78, 5) is 12.0. The molecule has 0 aliphatic carbocycles. The fourth-order valence-electron chi connectivity index (χ4n) is 3.53. The highest BCUT2D eigenvalue weighted by atomic mass is 35.5. The van der Waals surface area contributed by atoms with E-state index in [9.17, 15) is 4.79 Å². The van der Waals surface area contributed by atoms with Crippen LogP contribution in [-0.4, -0.2) is 31.9 Å². The van der Waals surface area contributed by atoms with Gasteiger partial charge in [-0.15, -0.1) is 0 Å². The molecule has 0 unspecified atom stereocenters. The Bertz CT molecular complexity index is 1070. The van der Waals surface area contributed by atoms with Crippen molar-refractivity contribution in [2.75, 3.05) is 19.8 Å². The number of allylic oxidation sites excluding steroid dienone is 1. The maximum atomic E-state index is 12.0. The van der Waals surface area contributed by atoms with Crippen LogP contribution in [0.25, 0.3) is 16.7 Å². The third kappa shape index (κ3) is 7.47. The summed E-state index contributed by atoms with van der Waals surface area (Å²) in [6, 6.07) is 24.0. The van der Waals surface area contributed by atoms with E-state index in [0.717, 1.165) is 38.6 Å². The lowest BCUT2D eigenvalue weighted by molar-refractivity contribution is -0.156. The van der Waals surface area contributed by atoms with Crippen molar-refractivity contribution < 1.29 is 19.0 Å². The normalized spacial score (nSPS) is 12.3. The summed E-state index contributed by atoms with van der Waals surface area (Å²) in [5.41, 5.74) is 5.58. The van der Waals surface area contributed by atoms with Crippen LogP contribution in [0.15, 0.2) is 78.9 Å². The minimum atomic E-state index is -0.589. The molecule has 0 radical (unpaired) electrons. The Morgan fingerprint density at radius 3 is 2.09 bits per heavy atom. The van der Waals surface area contributed by atoms with E-state index < -0.39 is 6.10 Å². The van der Waals surface area contributed by atoms with Crippen molar-refractivity contribution in [3.63, 3.8) is 0 Å². The molecule has 0 saturated carbocycles. The second kappa shape index (κ2) is 13.0. The Balaban J connectivity index is 1.54. The van der Waals surface area contributed by atoms with Crippen molar-refractivity contribution in [3.8, 4) is 16.9 Å². The number of esters is 1. The van der Waals surface area contributed by atoms with Crippen LogP contribution in [0, 0.1) is 0 Å². The van der Waals surface area contributed by atoms with Gasteiger partial charge in [-0.2, -0.15) is 0 Å². The fraction of sp³-hybridized carbons (Fsp3) is 0.276. The van der Waals surface area contributed by atoms with Gasteiger partial charge >= 0.3 is 5.97 Å². The molecule has 0 N–H and O–H groups in total. The van der Waals surface area contributed by atoms with E-state index in [-0.39, 0.29) is 5.97 Å². The number of rotatable bonds is 11. The Labute approximate surface area is 207 Å². The van der Waals surface area contributed by atoms with Gasteiger partial charge in [-0.1, -0.05) is 60.1 Å². The minimum Gasteiger partial charge on any atom is -0.490 e. The van der Waals surface area contributed by atoms with Crippen LogP contribution in [0.2, 0.25) is 5.02 Å². The highest BCUT2D eigenvalue weighted by Crippen LogP contribution is 2.24. The maximum absolute atomic E-state index is 12.0. The number of benzene rings is 3. The molecule has 0 bridgehead atoms. The van der Waals surface area contributed by atoms with E-state index >= 15 is 0 Å². The van der Waals surface area contributed by atoms with Crippen molar-refractivity contribution in [2.45, 2.75) is 33.3 Å². The van der Waals surface area contributed by atoms with Crippen LogP contribution in [0.1, 0.15) is 31.9 Å². The minimum absolute atomic E-state index is 0.327. The summed E-state index contributed by atoms with van der Waals surface area (Å²) >= 11 is 5.98. The SMILES string of the molecule is CCOC(=O)[C@H](Cc1ccc(OCC=C(C)c2ccc(-c3ccc(Cl)cc3)cc2)cc1)OCC. The van der Waals surface area contributed by atoms with Crippen molar-refractivity contribution in [1.29, 1.82) is 0 Å². The highest BCUT2D eigenvalue weighted by molar-refractivity contribution is 6.30. The van der Waals surface area contributed by atoms with Gasteiger partial charge in [0.25, 0.3) is 0 Å². The predicted molar refractivity (Wildman–Crippen MR) is 138 cm³/mol. The number of hydrogen-bond donors (Lipinski definition) is 0. The Morgan fingerprint density at radius 1 is 0.882 bits per heavy atom. The van der Waals surface area contributed by atoms with Crippen LogP contribution in [0.3, 0.4) is 0 Å². The molecule has 3 aromatic rings. The molecule has 34 heavy (non-hydrogen) atoms. The summed E-state index contributed by atoms with van der Waals surface area (Å²) in [5, 5.41) is 0.736. The summed E-state index contributed by atoms with van der Waals surface area (Å²) in [5.74, 6) is 0.446. The molecule has 5 heteroatoms. The number of carbonyl (C=O) groups is 1. The van der Waals surface area contributed by atoms with Crippen molar-refractivity contribution in [3.05, 3.63) is 95.0 Å². The first-order valence-corrected chi connectivity index (χ1v) is 11.9. The molecule has 0 amide bonds. The Morgan fingerprint density at radius 2 is 1.50 bits per heavy atom. The predicted octanol–water partition coefficient (Wildman–Crippen LogP) is 7.00. The molecule has 178 valence electrons. The van der Waals surface area contributed by atoms with E-state index in [0.29, 0.717) is 26.2 Å². The molecular formula is C29H31ClO4. The second-order valence-corrected chi connectivity index (χ2v) is 8.26. The van der Waals surface area contributed by atoms with Gasteiger partial charge in [0.1, 0.15) is 12.4 Å². The van der Waals surface area contributed by atoms with Gasteiger partial charge in [0.15, 0.2) is 6.10 Å². The molecule has 3 aromatic carbocycles. The first kappa shape index (κ1) is 25.5. The van der Waals surface area contributed by atoms with E-state index in [1.54, 1.807) is 6.92 Å². The van der Waals surface area contributed by atoms with Crippen molar-refractivity contribution >= 4 is 23.1 Å². The lowest BCUT2D eigenvalue weighted by Gasteiger charge is -2.15. The first-order chi connectivity index (χ1) is 16.5. The zero-order valence-corrected chi connectivity index (χ0v) is 20.7. The number of ether oxygens (including phenoxy) is 3. The molecule has 4 nitrogen and oxygen atoms in total. The van der Waals surface area contributed by atoms with E-state index in [1.807, 2.05) is 55.5 Å². The summed E-state index contributed by atoms with van der Waals surface area (Å²) in [7, 11) is 0. The van der Waals surface area contributed by atoms with Crippen LogP contribution < -0.4 is 4.74 Å². The third-order valence-corrected chi connectivity index (χ3v) is 5.67. The maximum Gasteiger partial charge on any atom is 0.335 e. The summed E-state index contributed by atoms with van der Waals surface area (Å²) in [6.45, 7) is 7.00. The molecule has 3 rings (SSSR count). The summed E-state index contributed by atoms with van der Waals surface area (Å²) < 4.78 is 16.5. The van der Waals surface area contributed by atoms with Crippen molar-refractivity contribution in [1.82, 2.24) is 0 Å². The van der Waals surface area contributed by atoms with E-state index in [2.05, 4.69) is 37.3 Å². The zero-order valence-electron chi connectivity index (χ0n) is 19.9. The Kier molecular flexibility index (Phi) is 9.75. The standard InChI is InChI=1S/C29H31ClO4/c1-4-32-28(29(31)33-5-2)20-22-6-16-27(17-7-22)34-19-18-21(3)23-8-10-24(11-9-23)25-12-14-26(30)15-13-25/h6-18,28H,4-5,19-20H2,1-3H3/t28-/m0/s1. The lowest BCUT2D eigenvalue weighted by atomic mass is 10.0. The number of carbonyl (C=O) groups excluding carboxylic acids is 1. The molecule has 0 aliphatic rings. The van der Waals surface area contributed by atoms with Crippen LogP contribution in [0.4, 0.5) is 0 Å². The average Bonchev–Trinajstić information content (AvgIpc) is 2.85. The second-order valence-electron chi connectivity index (χ2n) is 7.83. The van der Waals surface area contributed by atoms with E-state index in [4.69, 9.17) is 25.8 Å². The molecular weight excluding hydrogens is 448 g/mol. The van der Waals surface area contributed by atoms with Gasteiger partial charge in [0.2, 0.25) is 0 Å². The molecule has 0 fully saturated rings. The van der Waals surface area contributed by atoms with Gasteiger partial charge in [-0.05, 0) is 78.9 Å². The molecule has 0 saturated heterocycles. The van der Waals surface area contributed by atoms with Crippen LogP contribution in [-0.2, 0) is 20.7 Å². The van der Waals surface area contributed by atoms with Gasteiger partial charge in [-0.25, -0.2) is 4.79 Å². The monoisotopic (exact) mass is 478 g/mol. The quantitative estimate of drug-likeness (QED) is 0.278. The van der Waals surface area contributed by atoms with Gasteiger partial charge in [0, 0.05) is 18.1 Å². The average molecular weight is 479 g/mol. The smallest absolute Gasteiger partial charge is 0.335 e. The highest BCUT2D eigenvalue weighted by Gasteiger charge is 2.20. The third-order valence-electron chi connectivity index (χ3n) is 5.42. The molecule has 0 heterocycles. The van der Waals surface area contributed by atoms with E-state index in [1.165, 1.54) is 0 Å². The van der Waals surface area contributed by atoms with Gasteiger partial charge in [0.05, 0.1) is 6.61 Å². The molecule has 1 atom stereocenters. The van der Waals surface area contributed by atoms with Gasteiger partial charge in [-0.3, -0.25) is 0 Å². The number of halogens is 1. The Hall–Kier alpha value is -3.08. The fourth-order valence-corrected chi connectivity index (χ4v) is 3.66.